The Morgan fingerprint density at radius 1 is 1.43 bits per heavy atom. The summed E-state index contributed by atoms with van der Waals surface area (Å²) in [5.74, 6) is 3.47. The van der Waals surface area contributed by atoms with Gasteiger partial charge in [-0.25, -0.2) is 4.98 Å². The van der Waals surface area contributed by atoms with E-state index in [1.54, 1.807) is 0 Å². The van der Waals surface area contributed by atoms with Crippen molar-refractivity contribution in [3.63, 3.8) is 0 Å². The zero-order chi connectivity index (χ0) is 9.54. The number of rotatable bonds is 0. The second-order valence-electron chi connectivity index (χ2n) is 3.37. The van der Waals surface area contributed by atoms with Gasteiger partial charge in [-0.3, -0.25) is 0 Å². The minimum Gasteiger partial charge on any atom is -0.326 e. The lowest BCUT2D eigenvalue weighted by molar-refractivity contribution is 0.740. The van der Waals surface area contributed by atoms with E-state index in [0.29, 0.717) is 0 Å². The summed E-state index contributed by atoms with van der Waals surface area (Å²) in [6.45, 7) is 1.10. The van der Waals surface area contributed by atoms with E-state index >= 15 is 0 Å². The number of aromatic nitrogens is 2. The molecule has 0 radical (unpaired) electrons. The molecule has 14 heavy (non-hydrogen) atoms. The van der Waals surface area contributed by atoms with Crippen molar-refractivity contribution in [2.45, 2.75) is 12.3 Å². The van der Waals surface area contributed by atoms with E-state index in [0.717, 1.165) is 22.3 Å². The molecule has 1 aliphatic heterocycles. The van der Waals surface area contributed by atoms with Gasteiger partial charge >= 0.3 is 0 Å². The minimum atomic E-state index is 1.05. The summed E-state index contributed by atoms with van der Waals surface area (Å²) in [6, 6.07) is 6.32. The number of imidazole rings is 1. The van der Waals surface area contributed by atoms with Crippen LogP contribution < -0.4 is 0 Å². The molecule has 1 aliphatic rings. The molecule has 2 nitrogen and oxygen atoms in total. The molecule has 2 heterocycles. The lowest BCUT2D eigenvalue weighted by Gasteiger charge is -2.13. The Kier molecular flexibility index (Phi) is 2.06. The van der Waals surface area contributed by atoms with Crippen LogP contribution in [0.15, 0.2) is 22.7 Å². The van der Waals surface area contributed by atoms with Gasteiger partial charge in [0.2, 0.25) is 0 Å². The maximum absolute atomic E-state index is 4.63. The number of thioether (sulfide) groups is 1. The summed E-state index contributed by atoms with van der Waals surface area (Å²) < 4.78 is 3.44. The van der Waals surface area contributed by atoms with Crippen LogP contribution in [0.5, 0.6) is 0 Å². The Morgan fingerprint density at radius 2 is 2.36 bits per heavy atom. The quantitative estimate of drug-likeness (QED) is 0.731. The molecular weight excluding hydrogens is 260 g/mol. The van der Waals surface area contributed by atoms with E-state index in [1.807, 2.05) is 11.8 Å². The SMILES string of the molecule is Brc1ccc2c(c1)nc1n2CCSC1. The molecule has 4 heteroatoms. The van der Waals surface area contributed by atoms with Gasteiger partial charge in [-0.1, -0.05) is 15.9 Å². The first-order chi connectivity index (χ1) is 6.84. The molecule has 72 valence electrons. The van der Waals surface area contributed by atoms with E-state index in [2.05, 4.69) is 43.7 Å². The van der Waals surface area contributed by atoms with Crippen LogP contribution in [0.1, 0.15) is 5.82 Å². The number of hydrogen-bond acceptors (Lipinski definition) is 2. The van der Waals surface area contributed by atoms with Gasteiger partial charge in [0, 0.05) is 16.8 Å². The molecule has 0 N–H and O–H groups in total. The first-order valence-corrected chi connectivity index (χ1v) is 6.52. The van der Waals surface area contributed by atoms with Crippen LogP contribution in [-0.2, 0) is 12.3 Å². The molecule has 0 saturated heterocycles. The highest BCUT2D eigenvalue weighted by atomic mass is 79.9. The van der Waals surface area contributed by atoms with E-state index in [9.17, 15) is 0 Å². The van der Waals surface area contributed by atoms with E-state index in [-0.39, 0.29) is 0 Å². The van der Waals surface area contributed by atoms with Crippen molar-refractivity contribution in [1.82, 2.24) is 9.55 Å². The molecule has 0 atom stereocenters. The standard InChI is InChI=1S/C10H9BrN2S/c11-7-1-2-9-8(5-7)12-10-6-14-4-3-13(9)10/h1-2,5H,3-4,6H2. The smallest absolute Gasteiger partial charge is 0.119 e. The zero-order valence-electron chi connectivity index (χ0n) is 7.53. The fourth-order valence-electron chi connectivity index (χ4n) is 1.83. The maximum atomic E-state index is 4.63. The van der Waals surface area contributed by atoms with Gasteiger partial charge in [0.05, 0.1) is 16.8 Å². The summed E-state index contributed by atoms with van der Waals surface area (Å²) in [5.41, 5.74) is 2.38. The summed E-state index contributed by atoms with van der Waals surface area (Å²) in [7, 11) is 0. The molecule has 2 aromatic rings. The normalized spacial score (nSPS) is 15.8. The highest BCUT2D eigenvalue weighted by Gasteiger charge is 2.14. The Morgan fingerprint density at radius 3 is 3.29 bits per heavy atom. The predicted octanol–water partition coefficient (Wildman–Crippen LogP) is 3.05. The Balaban J connectivity index is 2.31. The third kappa shape index (κ3) is 1.28. The first-order valence-electron chi connectivity index (χ1n) is 4.57. The molecule has 1 aromatic heterocycles. The van der Waals surface area contributed by atoms with Gasteiger partial charge < -0.3 is 4.57 Å². The number of nitrogens with zero attached hydrogens (tertiary/aromatic N) is 2. The molecule has 0 bridgehead atoms. The molecule has 0 saturated carbocycles. The lowest BCUT2D eigenvalue weighted by Crippen LogP contribution is -2.10. The molecule has 1 aromatic carbocycles. The van der Waals surface area contributed by atoms with E-state index in [4.69, 9.17) is 0 Å². The second-order valence-corrected chi connectivity index (χ2v) is 5.39. The summed E-state index contributed by atoms with van der Waals surface area (Å²) >= 11 is 5.43. The fourth-order valence-corrected chi connectivity index (χ4v) is 3.04. The average molecular weight is 269 g/mol. The Labute approximate surface area is 94.8 Å². The number of fused-ring (bicyclic) bond motifs is 3. The lowest BCUT2D eigenvalue weighted by atomic mass is 10.3. The Hall–Kier alpha value is -0.480. The summed E-state index contributed by atoms with van der Waals surface area (Å²) in [6.07, 6.45) is 0. The van der Waals surface area contributed by atoms with Crippen LogP contribution in [0.2, 0.25) is 0 Å². The third-order valence-corrected chi connectivity index (χ3v) is 3.91. The number of benzene rings is 1. The van der Waals surface area contributed by atoms with Gasteiger partial charge in [0.15, 0.2) is 0 Å². The maximum Gasteiger partial charge on any atom is 0.119 e. The van der Waals surface area contributed by atoms with Gasteiger partial charge in [-0.15, -0.1) is 0 Å². The van der Waals surface area contributed by atoms with Crippen molar-refractivity contribution in [1.29, 1.82) is 0 Å². The average Bonchev–Trinajstić information content (AvgIpc) is 2.54. The van der Waals surface area contributed by atoms with Crippen molar-refractivity contribution in [3.8, 4) is 0 Å². The van der Waals surface area contributed by atoms with Crippen LogP contribution >= 0.6 is 27.7 Å². The Bertz CT molecular complexity index is 492. The van der Waals surface area contributed by atoms with Crippen LogP contribution in [0.25, 0.3) is 11.0 Å². The molecule has 3 rings (SSSR count). The van der Waals surface area contributed by atoms with Crippen molar-refractivity contribution < 1.29 is 0 Å². The van der Waals surface area contributed by atoms with Crippen LogP contribution in [0.4, 0.5) is 0 Å². The number of aryl methyl sites for hydroxylation is 1. The third-order valence-electron chi connectivity index (χ3n) is 2.48. The largest absolute Gasteiger partial charge is 0.326 e. The van der Waals surface area contributed by atoms with Crippen molar-refractivity contribution >= 4 is 38.7 Å². The van der Waals surface area contributed by atoms with Gasteiger partial charge in [0.25, 0.3) is 0 Å². The van der Waals surface area contributed by atoms with Crippen LogP contribution in [-0.4, -0.2) is 15.3 Å². The fraction of sp³-hybridized carbons (Fsp3) is 0.300. The summed E-state index contributed by atoms with van der Waals surface area (Å²) in [4.78, 5) is 4.63. The van der Waals surface area contributed by atoms with Crippen molar-refractivity contribution in [2.24, 2.45) is 0 Å². The molecule has 0 aliphatic carbocycles. The highest BCUT2D eigenvalue weighted by molar-refractivity contribution is 9.10. The summed E-state index contributed by atoms with van der Waals surface area (Å²) in [5, 5.41) is 0. The van der Waals surface area contributed by atoms with Crippen molar-refractivity contribution in [2.75, 3.05) is 5.75 Å². The second kappa shape index (κ2) is 3.28. The predicted molar refractivity (Wildman–Crippen MR) is 63.6 cm³/mol. The first kappa shape index (κ1) is 8.80. The topological polar surface area (TPSA) is 17.8 Å². The van der Waals surface area contributed by atoms with Crippen LogP contribution in [0, 0.1) is 0 Å². The van der Waals surface area contributed by atoms with Gasteiger partial charge in [-0.2, -0.15) is 11.8 Å². The molecule has 0 spiro atoms. The van der Waals surface area contributed by atoms with E-state index < -0.39 is 0 Å². The monoisotopic (exact) mass is 268 g/mol. The van der Waals surface area contributed by atoms with Gasteiger partial charge in [-0.05, 0) is 18.2 Å². The zero-order valence-corrected chi connectivity index (χ0v) is 9.94. The molecule has 0 unspecified atom stereocenters. The minimum absolute atomic E-state index is 1.05. The van der Waals surface area contributed by atoms with Crippen molar-refractivity contribution in [3.05, 3.63) is 28.5 Å². The molecular formula is C10H9BrN2S. The number of halogens is 1. The number of hydrogen-bond donors (Lipinski definition) is 0. The molecule has 0 amide bonds. The van der Waals surface area contributed by atoms with E-state index in [1.165, 1.54) is 17.1 Å². The van der Waals surface area contributed by atoms with Gasteiger partial charge in [0.1, 0.15) is 5.82 Å². The molecule has 0 fully saturated rings. The van der Waals surface area contributed by atoms with Crippen LogP contribution in [0.3, 0.4) is 0 Å². The highest BCUT2D eigenvalue weighted by Crippen LogP contribution is 2.26.